The number of rotatable bonds is 2. The normalized spacial score (nSPS) is 19.2. The molecule has 1 heterocycles. The average molecular weight is 390 g/mol. The highest BCUT2D eigenvalue weighted by Gasteiger charge is 2.29. The van der Waals surface area contributed by atoms with Crippen LogP contribution in [0.15, 0.2) is 18.2 Å². The van der Waals surface area contributed by atoms with Gasteiger partial charge in [0.1, 0.15) is 5.75 Å². The van der Waals surface area contributed by atoms with Crippen molar-refractivity contribution >= 4 is 45.7 Å². The predicted octanol–water partition coefficient (Wildman–Crippen LogP) is 2.28. The van der Waals surface area contributed by atoms with Crippen LogP contribution in [-0.4, -0.2) is 33.5 Å². The summed E-state index contributed by atoms with van der Waals surface area (Å²) in [6, 6.07) is 4.77. The molecule has 2 rings (SSSR count). The lowest BCUT2D eigenvalue weighted by atomic mass is 10.0. The second-order valence-corrected chi connectivity index (χ2v) is 6.21. The van der Waals surface area contributed by atoms with Gasteiger partial charge >= 0.3 is 0 Å². The molecule has 0 bridgehead atoms. The second-order valence-electron chi connectivity index (χ2n) is 4.58. The Balaban J connectivity index is 2.26. The van der Waals surface area contributed by atoms with Crippen molar-refractivity contribution in [3.05, 3.63) is 27.3 Å². The highest BCUT2D eigenvalue weighted by Crippen LogP contribution is 2.24. The maximum Gasteiger partial charge on any atom is 0.254 e. The molecule has 1 aromatic carbocycles. The maximum atomic E-state index is 12.5. The van der Waals surface area contributed by atoms with Crippen molar-refractivity contribution in [2.45, 2.75) is 25.3 Å². The van der Waals surface area contributed by atoms with Crippen LogP contribution in [0, 0.1) is 3.57 Å². The van der Waals surface area contributed by atoms with Crippen LogP contribution < -0.4 is 5.73 Å². The summed E-state index contributed by atoms with van der Waals surface area (Å²) < 4.78 is 0.721. The third-order valence-corrected chi connectivity index (χ3v) is 4.47. The van der Waals surface area contributed by atoms with Crippen molar-refractivity contribution in [2.24, 2.45) is 5.73 Å². The van der Waals surface area contributed by atoms with Gasteiger partial charge in [0.2, 0.25) is 0 Å². The first-order chi connectivity index (χ1) is 9.00. The zero-order valence-corrected chi connectivity index (χ0v) is 13.3. The molecule has 0 saturated carbocycles. The van der Waals surface area contributed by atoms with Crippen molar-refractivity contribution in [1.29, 1.82) is 0 Å². The fourth-order valence-electron chi connectivity index (χ4n) is 2.28. The molecule has 1 unspecified atom stereocenters. The molecule has 0 radical (unpaired) electrons. The molecular weight excluding hydrogens is 375 g/mol. The van der Waals surface area contributed by atoms with Gasteiger partial charge in [0.25, 0.3) is 5.91 Å². The Hall–Kier alpha value is -0.890. The topological polar surface area (TPSA) is 66.6 Å². The fraction of sp³-hybridized carbons (Fsp3) is 0.385. The van der Waals surface area contributed by atoms with E-state index in [0.29, 0.717) is 17.1 Å². The third kappa shape index (κ3) is 3.17. The summed E-state index contributed by atoms with van der Waals surface area (Å²) >= 11 is 7.06. The number of phenolic OH excluding ortho intramolecular Hbond substituents is 1. The minimum Gasteiger partial charge on any atom is -0.507 e. The van der Waals surface area contributed by atoms with Gasteiger partial charge in [-0.1, -0.05) is 12.2 Å². The number of nitrogens with two attached hydrogens (primary N) is 1. The minimum atomic E-state index is -0.169. The van der Waals surface area contributed by atoms with Crippen molar-refractivity contribution in [1.82, 2.24) is 4.90 Å². The van der Waals surface area contributed by atoms with Crippen molar-refractivity contribution in [2.75, 3.05) is 6.54 Å². The molecule has 19 heavy (non-hydrogen) atoms. The molecule has 0 aromatic heterocycles. The fourth-order valence-corrected chi connectivity index (χ4v) is 2.86. The number of carbonyl (C=O) groups excluding carboxylic acids is 1. The molecule has 3 N–H and O–H groups in total. The van der Waals surface area contributed by atoms with E-state index in [2.05, 4.69) is 0 Å². The molecular formula is C13H15IN2O2S. The molecule has 4 nitrogen and oxygen atoms in total. The molecule has 0 spiro atoms. The lowest BCUT2D eigenvalue weighted by Crippen LogP contribution is -2.49. The Kier molecular flexibility index (Phi) is 4.62. The van der Waals surface area contributed by atoms with Gasteiger partial charge in [-0.25, -0.2) is 0 Å². The molecule has 1 fully saturated rings. The van der Waals surface area contributed by atoms with Crippen LogP contribution in [0.25, 0.3) is 0 Å². The zero-order chi connectivity index (χ0) is 14.0. The van der Waals surface area contributed by atoms with E-state index in [-0.39, 0.29) is 17.7 Å². The summed E-state index contributed by atoms with van der Waals surface area (Å²) in [6.45, 7) is 0.660. The van der Waals surface area contributed by atoms with Gasteiger partial charge < -0.3 is 15.7 Å². The second kappa shape index (κ2) is 6.04. The van der Waals surface area contributed by atoms with E-state index in [9.17, 15) is 9.90 Å². The van der Waals surface area contributed by atoms with Gasteiger partial charge in [-0.05, 0) is 60.1 Å². The average Bonchev–Trinajstić information content (AvgIpc) is 2.41. The molecule has 102 valence electrons. The third-order valence-electron chi connectivity index (χ3n) is 3.29. The Morgan fingerprint density at radius 2 is 2.21 bits per heavy atom. The quantitative estimate of drug-likeness (QED) is 0.601. The highest BCUT2D eigenvalue weighted by molar-refractivity contribution is 14.1. The molecule has 1 aliphatic heterocycles. The van der Waals surface area contributed by atoms with E-state index >= 15 is 0 Å². The number of thiocarbonyl (C=S) groups is 1. The van der Waals surface area contributed by atoms with Crippen LogP contribution in [0.1, 0.15) is 29.6 Å². The highest BCUT2D eigenvalue weighted by atomic mass is 127. The Labute approximate surface area is 131 Å². The number of nitrogens with zero attached hydrogens (tertiary/aromatic N) is 1. The minimum absolute atomic E-state index is 0.121. The van der Waals surface area contributed by atoms with E-state index in [1.165, 1.54) is 6.07 Å². The monoisotopic (exact) mass is 390 g/mol. The van der Waals surface area contributed by atoms with Crippen molar-refractivity contribution in [3.63, 3.8) is 0 Å². The Morgan fingerprint density at radius 3 is 2.84 bits per heavy atom. The number of carbonyl (C=O) groups is 1. The first-order valence-electron chi connectivity index (χ1n) is 6.09. The summed E-state index contributed by atoms with van der Waals surface area (Å²) in [6.07, 6.45) is 2.81. The van der Waals surface area contributed by atoms with Gasteiger partial charge in [0.15, 0.2) is 0 Å². The van der Waals surface area contributed by atoms with Gasteiger partial charge in [0, 0.05) is 12.1 Å². The molecule has 1 amide bonds. The number of aromatic hydroxyl groups is 1. The summed E-state index contributed by atoms with van der Waals surface area (Å²) in [5.74, 6) is -0.000431. The molecule has 6 heteroatoms. The molecule has 0 aliphatic carbocycles. The summed E-state index contributed by atoms with van der Waals surface area (Å²) in [5, 5.41) is 9.69. The number of phenols is 1. The molecule has 1 atom stereocenters. The first kappa shape index (κ1) is 14.5. The summed E-state index contributed by atoms with van der Waals surface area (Å²) in [4.78, 5) is 14.6. The molecule has 1 aromatic rings. The number of piperidine rings is 1. The summed E-state index contributed by atoms with van der Waals surface area (Å²) in [5.41, 5.74) is 6.19. The predicted molar refractivity (Wildman–Crippen MR) is 86.3 cm³/mol. The Bertz CT molecular complexity index is 521. The summed E-state index contributed by atoms with van der Waals surface area (Å²) in [7, 11) is 0. The van der Waals surface area contributed by atoms with Crippen molar-refractivity contribution < 1.29 is 9.90 Å². The smallest absolute Gasteiger partial charge is 0.254 e. The number of hydrogen-bond donors (Lipinski definition) is 2. The number of halogens is 1. The largest absolute Gasteiger partial charge is 0.507 e. The number of benzene rings is 1. The van der Waals surface area contributed by atoms with E-state index in [4.69, 9.17) is 18.0 Å². The van der Waals surface area contributed by atoms with Crippen LogP contribution in [-0.2, 0) is 0 Å². The van der Waals surface area contributed by atoms with Crippen LogP contribution in [0.3, 0.4) is 0 Å². The SMILES string of the molecule is NC(=S)C1CCCCN1C(=O)c1ccc(I)c(O)c1. The van der Waals surface area contributed by atoms with E-state index in [1.807, 2.05) is 22.6 Å². The van der Waals surface area contributed by atoms with Crippen LogP contribution in [0.4, 0.5) is 0 Å². The number of amides is 1. The van der Waals surface area contributed by atoms with E-state index in [0.717, 1.165) is 22.8 Å². The van der Waals surface area contributed by atoms with Crippen LogP contribution >= 0.6 is 34.8 Å². The lowest BCUT2D eigenvalue weighted by Gasteiger charge is -2.35. The van der Waals surface area contributed by atoms with Gasteiger partial charge in [-0.2, -0.15) is 0 Å². The van der Waals surface area contributed by atoms with Gasteiger partial charge in [-0.3, -0.25) is 4.79 Å². The molecule has 1 saturated heterocycles. The number of likely N-dealkylation sites (tertiary alicyclic amines) is 1. The zero-order valence-electron chi connectivity index (χ0n) is 10.3. The lowest BCUT2D eigenvalue weighted by molar-refractivity contribution is 0.0681. The first-order valence-corrected chi connectivity index (χ1v) is 7.58. The van der Waals surface area contributed by atoms with E-state index < -0.39 is 0 Å². The standard InChI is InChI=1S/C13H15IN2O2S/c14-9-5-4-8(7-11(9)17)13(18)16-6-2-1-3-10(16)12(15)19/h4-5,7,10,17H,1-3,6H2,(H2,15,19). The number of hydrogen-bond acceptors (Lipinski definition) is 3. The maximum absolute atomic E-state index is 12.5. The van der Waals surface area contributed by atoms with Crippen LogP contribution in [0.5, 0.6) is 5.75 Å². The van der Waals surface area contributed by atoms with Crippen molar-refractivity contribution in [3.8, 4) is 5.75 Å². The molecule has 1 aliphatic rings. The van der Waals surface area contributed by atoms with Crippen LogP contribution in [0.2, 0.25) is 0 Å². The van der Waals surface area contributed by atoms with E-state index in [1.54, 1.807) is 17.0 Å². The Morgan fingerprint density at radius 1 is 1.47 bits per heavy atom. The van der Waals surface area contributed by atoms with Gasteiger partial charge in [0.05, 0.1) is 14.6 Å². The van der Waals surface area contributed by atoms with Gasteiger partial charge in [-0.15, -0.1) is 0 Å².